The Balaban J connectivity index is 2.64. The third kappa shape index (κ3) is 2.42. The Hall–Kier alpha value is -0.370. The van der Waals surface area contributed by atoms with Crippen molar-refractivity contribution in [2.45, 2.75) is 19.6 Å². The summed E-state index contributed by atoms with van der Waals surface area (Å²) in [6, 6.07) is 1.71. The van der Waals surface area contributed by atoms with Gasteiger partial charge in [-0.1, -0.05) is 0 Å². The van der Waals surface area contributed by atoms with Gasteiger partial charge in [-0.3, -0.25) is 9.79 Å². The second kappa shape index (κ2) is 5.09. The zero-order valence-electron chi connectivity index (χ0n) is 8.45. The Labute approximate surface area is 120 Å². The average molecular weight is 300 g/mol. The number of aliphatic imine (C=N–C) groups is 2. The van der Waals surface area contributed by atoms with Gasteiger partial charge in [0, 0.05) is 25.1 Å². The van der Waals surface area contributed by atoms with Crippen LogP contribution in [-0.2, 0) is 4.79 Å². The first-order valence-electron chi connectivity index (χ1n) is 4.59. The van der Waals surface area contributed by atoms with Crippen molar-refractivity contribution in [2.24, 2.45) is 9.98 Å². The van der Waals surface area contributed by atoms with Crippen molar-refractivity contribution >= 4 is 68.3 Å². The number of hydrogen-bond donors (Lipinski definition) is 4. The first kappa shape index (κ1) is 13.1. The molecule has 0 saturated heterocycles. The van der Waals surface area contributed by atoms with Gasteiger partial charge in [0.2, 0.25) is 5.78 Å². The Bertz CT molecular complexity index is 566. The topological polar surface area (TPSA) is 41.8 Å². The fourth-order valence-electron chi connectivity index (χ4n) is 1.40. The number of Topliss-reactive ketones (excluding diaryl/α,β-unsaturated/α-hetero) is 1. The Morgan fingerprint density at radius 3 is 2.41 bits per heavy atom. The van der Waals surface area contributed by atoms with Crippen LogP contribution in [0.2, 0.25) is 0 Å². The number of benzene rings is 1. The highest BCUT2D eigenvalue weighted by Crippen LogP contribution is 2.34. The van der Waals surface area contributed by atoms with Crippen LogP contribution in [0.15, 0.2) is 35.6 Å². The van der Waals surface area contributed by atoms with Gasteiger partial charge in [0.25, 0.3) is 0 Å². The zero-order chi connectivity index (χ0) is 12.6. The molecule has 0 N–H and O–H groups in total. The van der Waals surface area contributed by atoms with Crippen molar-refractivity contribution in [3.05, 3.63) is 11.6 Å². The summed E-state index contributed by atoms with van der Waals surface area (Å²) >= 11 is 17.2. The summed E-state index contributed by atoms with van der Waals surface area (Å²) in [6.45, 7) is 0.110. The van der Waals surface area contributed by atoms with Gasteiger partial charge in [0.15, 0.2) is 0 Å². The van der Waals surface area contributed by atoms with E-state index in [1.165, 1.54) is 6.34 Å². The smallest absolute Gasteiger partial charge is 0.203 e. The van der Waals surface area contributed by atoms with Gasteiger partial charge >= 0.3 is 0 Å². The predicted molar refractivity (Wildman–Crippen MR) is 80.4 cm³/mol. The Morgan fingerprint density at radius 1 is 1.06 bits per heavy atom. The molecular weight excluding hydrogens is 292 g/mol. The minimum absolute atomic E-state index is 0.110. The molecule has 1 heterocycles. The molecule has 88 valence electrons. The number of ketones is 1. The van der Waals surface area contributed by atoms with Crippen molar-refractivity contribution < 1.29 is 4.79 Å². The minimum Gasteiger partial charge on any atom is -0.290 e. The van der Waals surface area contributed by atoms with Crippen molar-refractivity contribution in [1.82, 2.24) is 0 Å². The minimum atomic E-state index is -0.143. The van der Waals surface area contributed by atoms with Gasteiger partial charge in [0.1, 0.15) is 18.6 Å². The van der Waals surface area contributed by atoms with E-state index in [4.69, 9.17) is 0 Å². The molecule has 2 rings (SSSR count). The third-order valence-corrected chi connectivity index (χ3v) is 4.51. The lowest BCUT2D eigenvalue weighted by molar-refractivity contribution is -0.111. The van der Waals surface area contributed by atoms with Crippen LogP contribution < -0.4 is 0 Å². The van der Waals surface area contributed by atoms with Gasteiger partial charge in [-0.25, -0.2) is 4.99 Å². The van der Waals surface area contributed by atoms with Crippen LogP contribution >= 0.6 is 50.5 Å². The highest BCUT2D eigenvalue weighted by Gasteiger charge is 2.20. The first-order valence-corrected chi connectivity index (χ1v) is 6.37. The fraction of sp³-hybridized carbons (Fsp3) is 0.100. The summed E-state index contributed by atoms with van der Waals surface area (Å²) < 4.78 is 0. The average Bonchev–Trinajstić information content (AvgIpc) is 2.32. The molecule has 1 aliphatic rings. The van der Waals surface area contributed by atoms with E-state index < -0.39 is 0 Å². The number of carbonyl (C=O) groups is 1. The molecular formula is C10H8N2OS4. The third-order valence-electron chi connectivity index (χ3n) is 2.25. The lowest BCUT2D eigenvalue weighted by atomic mass is 10.1. The molecule has 0 atom stereocenters. The summed E-state index contributed by atoms with van der Waals surface area (Å²) in [5.74, 6) is -0.143. The summed E-state index contributed by atoms with van der Waals surface area (Å²) in [5, 5.41) is 0. The standard InChI is InChI=1S/C10H8N2OS4/c13-5-2-11-3-12-7(5)4-1-6(14)9(16)10(17)8(4)15/h1,3,14-17H,2H2. The SMILES string of the molecule is O=C1CN=CN=C1c1cc(S)c(S)c(S)c1S. The Kier molecular flexibility index (Phi) is 3.92. The molecule has 0 bridgehead atoms. The molecule has 1 aliphatic heterocycles. The molecule has 7 heteroatoms. The van der Waals surface area contributed by atoms with Gasteiger partial charge in [0.05, 0.1) is 0 Å². The molecule has 3 nitrogen and oxygen atoms in total. The van der Waals surface area contributed by atoms with Crippen molar-refractivity contribution in [2.75, 3.05) is 6.54 Å². The molecule has 0 aliphatic carbocycles. The van der Waals surface area contributed by atoms with Gasteiger partial charge in [-0.05, 0) is 6.07 Å². The molecule has 0 aromatic heterocycles. The second-order valence-corrected chi connectivity index (χ2v) is 5.17. The van der Waals surface area contributed by atoms with E-state index in [0.717, 1.165) is 0 Å². The van der Waals surface area contributed by atoms with Crippen LogP contribution in [0.25, 0.3) is 0 Å². The zero-order valence-corrected chi connectivity index (χ0v) is 12.0. The van der Waals surface area contributed by atoms with E-state index in [-0.39, 0.29) is 12.3 Å². The van der Waals surface area contributed by atoms with Crippen molar-refractivity contribution in [3.8, 4) is 0 Å². The van der Waals surface area contributed by atoms with Crippen LogP contribution in [0.4, 0.5) is 0 Å². The van der Waals surface area contributed by atoms with Crippen LogP contribution in [0.5, 0.6) is 0 Å². The quantitative estimate of drug-likeness (QED) is 0.590. The summed E-state index contributed by atoms with van der Waals surface area (Å²) in [4.78, 5) is 21.9. The summed E-state index contributed by atoms with van der Waals surface area (Å²) in [5.41, 5.74) is 0.946. The predicted octanol–water partition coefficient (Wildman–Crippen LogP) is 2.24. The molecule has 0 amide bonds. The van der Waals surface area contributed by atoms with Crippen molar-refractivity contribution in [1.29, 1.82) is 0 Å². The molecule has 1 aromatic rings. The maximum Gasteiger partial charge on any atom is 0.203 e. The van der Waals surface area contributed by atoms with E-state index in [1.54, 1.807) is 6.07 Å². The first-order chi connectivity index (χ1) is 8.02. The number of nitrogens with zero attached hydrogens (tertiary/aromatic N) is 2. The molecule has 0 saturated carbocycles. The lowest BCUT2D eigenvalue weighted by Crippen LogP contribution is -2.22. The number of carbonyl (C=O) groups excluding carboxylic acids is 1. The molecule has 0 unspecified atom stereocenters. The highest BCUT2D eigenvalue weighted by atomic mass is 32.1. The van der Waals surface area contributed by atoms with Gasteiger partial charge in [-0.2, -0.15) is 0 Å². The van der Waals surface area contributed by atoms with Crippen LogP contribution in [0.1, 0.15) is 5.56 Å². The summed E-state index contributed by atoms with van der Waals surface area (Å²) in [6.07, 6.45) is 1.37. The van der Waals surface area contributed by atoms with E-state index in [0.29, 0.717) is 30.9 Å². The van der Waals surface area contributed by atoms with Gasteiger partial charge in [-0.15, -0.1) is 50.5 Å². The molecule has 0 radical (unpaired) electrons. The molecule has 0 fully saturated rings. The number of hydrogen-bond acceptors (Lipinski definition) is 7. The largest absolute Gasteiger partial charge is 0.290 e. The highest BCUT2D eigenvalue weighted by molar-refractivity contribution is 7.86. The van der Waals surface area contributed by atoms with E-state index in [9.17, 15) is 4.79 Å². The second-order valence-electron chi connectivity index (χ2n) is 3.35. The maximum absolute atomic E-state index is 11.7. The van der Waals surface area contributed by atoms with E-state index in [1.807, 2.05) is 0 Å². The van der Waals surface area contributed by atoms with E-state index in [2.05, 4.69) is 60.5 Å². The van der Waals surface area contributed by atoms with Gasteiger partial charge < -0.3 is 0 Å². The summed E-state index contributed by atoms with van der Waals surface area (Å²) in [7, 11) is 0. The monoisotopic (exact) mass is 300 g/mol. The number of thiol groups is 4. The number of rotatable bonds is 1. The Morgan fingerprint density at radius 2 is 1.76 bits per heavy atom. The normalized spacial score (nSPS) is 15.1. The molecule has 0 spiro atoms. The van der Waals surface area contributed by atoms with Crippen LogP contribution in [-0.4, -0.2) is 24.4 Å². The molecule has 17 heavy (non-hydrogen) atoms. The van der Waals surface area contributed by atoms with Crippen LogP contribution in [0.3, 0.4) is 0 Å². The van der Waals surface area contributed by atoms with Crippen molar-refractivity contribution in [3.63, 3.8) is 0 Å². The fourth-order valence-corrected chi connectivity index (χ4v) is 2.52. The van der Waals surface area contributed by atoms with Crippen LogP contribution in [0, 0.1) is 0 Å². The lowest BCUT2D eigenvalue weighted by Gasteiger charge is -2.13. The van der Waals surface area contributed by atoms with E-state index >= 15 is 0 Å². The maximum atomic E-state index is 11.7. The molecule has 1 aromatic carbocycles.